The minimum absolute atomic E-state index is 0.276. The number of carbonyl (C=O) groups excluding carboxylic acids is 1. The number of ether oxygens (including phenoxy) is 2. The maximum atomic E-state index is 11.7. The highest BCUT2D eigenvalue weighted by Crippen LogP contribution is 2.36. The van der Waals surface area contributed by atoms with Gasteiger partial charge in [-0.3, -0.25) is 4.79 Å². The Balaban J connectivity index is 1.59. The number of hydrogen-bond donors (Lipinski definition) is 1. The van der Waals surface area contributed by atoms with Crippen LogP contribution in [0.4, 0.5) is 0 Å². The number of amides is 1. The second-order valence-electron chi connectivity index (χ2n) is 6.99. The number of nitrogens with one attached hydrogen (secondary N) is 1. The van der Waals surface area contributed by atoms with E-state index < -0.39 is 0 Å². The van der Waals surface area contributed by atoms with Gasteiger partial charge in [-0.25, -0.2) is 0 Å². The smallest absolute Gasteiger partial charge is 0.222 e. The minimum atomic E-state index is 0.276. The fraction of sp³-hybridized carbons (Fsp3) is 0.409. The lowest BCUT2D eigenvalue weighted by Gasteiger charge is -2.18. The number of halogens is 2. The Morgan fingerprint density at radius 2 is 2.00 bits per heavy atom. The second-order valence-corrected chi connectivity index (χ2v) is 8.28. The summed E-state index contributed by atoms with van der Waals surface area (Å²) in [7, 11) is 1.64. The summed E-state index contributed by atoms with van der Waals surface area (Å²) >= 11 is 9.59. The van der Waals surface area contributed by atoms with Crippen LogP contribution in [0.25, 0.3) is 0 Å². The molecule has 1 heterocycles. The van der Waals surface area contributed by atoms with E-state index in [9.17, 15) is 4.79 Å². The van der Waals surface area contributed by atoms with Gasteiger partial charge in [-0.1, -0.05) is 39.7 Å². The summed E-state index contributed by atoms with van der Waals surface area (Å²) in [5, 5.41) is 4.16. The first-order valence-electron chi connectivity index (χ1n) is 9.79. The molecule has 0 aliphatic carbocycles. The van der Waals surface area contributed by atoms with Crippen LogP contribution < -0.4 is 14.8 Å². The third kappa shape index (κ3) is 6.11. The van der Waals surface area contributed by atoms with Crippen molar-refractivity contribution < 1.29 is 14.3 Å². The molecule has 0 atom stereocenters. The summed E-state index contributed by atoms with van der Waals surface area (Å²) in [6.45, 7) is 3.59. The van der Waals surface area contributed by atoms with Gasteiger partial charge in [-0.05, 0) is 49.2 Å². The number of rotatable bonds is 10. The van der Waals surface area contributed by atoms with Gasteiger partial charge in [-0.2, -0.15) is 0 Å². The fourth-order valence-corrected chi connectivity index (χ4v) is 3.93. The minimum Gasteiger partial charge on any atom is -0.493 e. The van der Waals surface area contributed by atoms with Gasteiger partial charge in [0, 0.05) is 41.1 Å². The van der Waals surface area contributed by atoms with Crippen LogP contribution in [0.3, 0.4) is 0 Å². The van der Waals surface area contributed by atoms with E-state index in [1.165, 1.54) is 0 Å². The Morgan fingerprint density at radius 1 is 1.21 bits per heavy atom. The van der Waals surface area contributed by atoms with Gasteiger partial charge in [0.15, 0.2) is 11.5 Å². The lowest BCUT2D eigenvalue weighted by atomic mass is 10.1. The van der Waals surface area contributed by atoms with E-state index >= 15 is 0 Å². The number of methoxy groups -OCH3 is 1. The van der Waals surface area contributed by atoms with Crippen molar-refractivity contribution >= 4 is 33.4 Å². The predicted octanol–water partition coefficient (Wildman–Crippen LogP) is 4.79. The van der Waals surface area contributed by atoms with Crippen molar-refractivity contribution in [1.82, 2.24) is 10.2 Å². The predicted molar refractivity (Wildman–Crippen MR) is 119 cm³/mol. The zero-order valence-electron chi connectivity index (χ0n) is 16.5. The first-order valence-corrected chi connectivity index (χ1v) is 11.0. The molecule has 1 aliphatic rings. The summed E-state index contributed by atoms with van der Waals surface area (Å²) in [4.78, 5) is 13.6. The molecule has 2 aromatic rings. The lowest BCUT2D eigenvalue weighted by molar-refractivity contribution is -0.127. The molecule has 7 heteroatoms. The van der Waals surface area contributed by atoms with Crippen molar-refractivity contribution in [2.75, 3.05) is 26.7 Å². The highest BCUT2D eigenvalue weighted by Gasteiger charge is 2.19. The molecule has 29 heavy (non-hydrogen) atoms. The Kier molecular flexibility index (Phi) is 8.21. The normalized spacial score (nSPS) is 13.8. The molecular formula is C22H26BrClN2O3. The van der Waals surface area contributed by atoms with Gasteiger partial charge in [0.25, 0.3) is 0 Å². The van der Waals surface area contributed by atoms with E-state index in [1.807, 2.05) is 41.3 Å². The lowest BCUT2D eigenvalue weighted by Crippen LogP contribution is -2.28. The van der Waals surface area contributed by atoms with Crippen LogP contribution in [0.15, 0.2) is 40.9 Å². The fourth-order valence-electron chi connectivity index (χ4n) is 3.35. The van der Waals surface area contributed by atoms with Crippen molar-refractivity contribution in [1.29, 1.82) is 0 Å². The molecule has 0 saturated carbocycles. The topological polar surface area (TPSA) is 50.8 Å². The standard InChI is InChI=1S/C22H26BrClN2O3/c1-28-20-10-9-19(23)18(14-25-11-3-13-26-12-2-4-21(26)27)22(20)29-15-16-5-7-17(24)8-6-16/h5-10,25H,2-4,11-15H2,1H3. The van der Waals surface area contributed by atoms with Crippen LogP contribution in [0.2, 0.25) is 5.02 Å². The van der Waals surface area contributed by atoms with Crippen LogP contribution in [0, 0.1) is 0 Å². The number of hydrogen-bond acceptors (Lipinski definition) is 4. The van der Waals surface area contributed by atoms with E-state index in [4.69, 9.17) is 21.1 Å². The molecule has 1 saturated heterocycles. The Morgan fingerprint density at radius 3 is 2.69 bits per heavy atom. The van der Waals surface area contributed by atoms with Crippen LogP contribution in [0.1, 0.15) is 30.4 Å². The Labute approximate surface area is 185 Å². The van der Waals surface area contributed by atoms with Gasteiger partial charge in [-0.15, -0.1) is 0 Å². The molecular weight excluding hydrogens is 456 g/mol. The van der Waals surface area contributed by atoms with E-state index in [0.717, 1.165) is 53.8 Å². The van der Waals surface area contributed by atoms with Crippen molar-refractivity contribution in [2.45, 2.75) is 32.4 Å². The zero-order valence-corrected chi connectivity index (χ0v) is 18.9. The zero-order chi connectivity index (χ0) is 20.6. The highest BCUT2D eigenvalue weighted by atomic mass is 79.9. The first kappa shape index (κ1) is 21.9. The monoisotopic (exact) mass is 480 g/mol. The van der Waals surface area contributed by atoms with E-state index in [0.29, 0.717) is 30.3 Å². The van der Waals surface area contributed by atoms with E-state index in [-0.39, 0.29) is 5.91 Å². The third-order valence-corrected chi connectivity index (χ3v) is 5.93. The summed E-state index contributed by atoms with van der Waals surface area (Å²) in [5.41, 5.74) is 2.04. The van der Waals surface area contributed by atoms with Gasteiger partial charge >= 0.3 is 0 Å². The SMILES string of the molecule is COc1ccc(Br)c(CNCCCN2CCCC2=O)c1OCc1ccc(Cl)cc1. The second kappa shape index (κ2) is 10.9. The molecule has 156 valence electrons. The number of nitrogens with zero attached hydrogens (tertiary/aromatic N) is 1. The van der Waals surface area contributed by atoms with Crippen LogP contribution in [-0.2, 0) is 17.9 Å². The molecule has 0 aromatic heterocycles. The average Bonchev–Trinajstić information content (AvgIpc) is 3.13. The molecule has 2 aromatic carbocycles. The highest BCUT2D eigenvalue weighted by molar-refractivity contribution is 9.10. The van der Waals surface area contributed by atoms with Crippen molar-refractivity contribution in [3.8, 4) is 11.5 Å². The summed E-state index contributed by atoms with van der Waals surface area (Å²) in [6, 6.07) is 11.5. The molecule has 1 fully saturated rings. The van der Waals surface area contributed by atoms with Crippen LogP contribution >= 0.6 is 27.5 Å². The molecule has 1 aliphatic heterocycles. The molecule has 0 radical (unpaired) electrons. The summed E-state index contributed by atoms with van der Waals surface area (Å²) in [5.74, 6) is 1.69. The number of benzene rings is 2. The molecule has 0 spiro atoms. The first-order chi connectivity index (χ1) is 14.1. The number of carbonyl (C=O) groups is 1. The van der Waals surface area contributed by atoms with Crippen molar-refractivity contribution in [2.24, 2.45) is 0 Å². The third-order valence-electron chi connectivity index (χ3n) is 4.94. The molecule has 1 N–H and O–H groups in total. The Hall–Kier alpha value is -1.76. The van der Waals surface area contributed by atoms with Crippen molar-refractivity contribution in [3.05, 3.63) is 57.0 Å². The van der Waals surface area contributed by atoms with Crippen molar-refractivity contribution in [3.63, 3.8) is 0 Å². The van der Waals surface area contributed by atoms with Gasteiger partial charge < -0.3 is 19.7 Å². The average molecular weight is 482 g/mol. The maximum absolute atomic E-state index is 11.7. The molecule has 0 unspecified atom stereocenters. The van der Waals surface area contributed by atoms with Crippen LogP contribution in [-0.4, -0.2) is 37.6 Å². The molecule has 5 nitrogen and oxygen atoms in total. The maximum Gasteiger partial charge on any atom is 0.222 e. The van der Waals surface area contributed by atoms with E-state index in [1.54, 1.807) is 7.11 Å². The summed E-state index contributed by atoms with van der Waals surface area (Å²) < 4.78 is 12.6. The van der Waals surface area contributed by atoms with Gasteiger partial charge in [0.05, 0.1) is 7.11 Å². The largest absolute Gasteiger partial charge is 0.493 e. The Bertz CT molecular complexity index is 830. The number of likely N-dealkylation sites (tertiary alicyclic amines) is 1. The van der Waals surface area contributed by atoms with Gasteiger partial charge in [0.2, 0.25) is 5.91 Å². The van der Waals surface area contributed by atoms with E-state index in [2.05, 4.69) is 21.2 Å². The quantitative estimate of drug-likeness (QED) is 0.496. The summed E-state index contributed by atoms with van der Waals surface area (Å²) in [6.07, 6.45) is 2.60. The van der Waals surface area contributed by atoms with Gasteiger partial charge in [0.1, 0.15) is 6.61 Å². The molecule has 1 amide bonds. The molecule has 0 bridgehead atoms. The van der Waals surface area contributed by atoms with Crippen LogP contribution in [0.5, 0.6) is 11.5 Å². The molecule has 3 rings (SSSR count).